The summed E-state index contributed by atoms with van der Waals surface area (Å²) in [6.07, 6.45) is -8.25. The number of aryl methyl sites for hydroxylation is 1. The fourth-order valence-electron chi connectivity index (χ4n) is 2.76. The van der Waals surface area contributed by atoms with E-state index < -0.39 is 34.1 Å². The lowest BCUT2D eigenvalue weighted by Crippen LogP contribution is -2.07. The second-order valence-electron chi connectivity index (χ2n) is 6.61. The molecule has 0 radical (unpaired) electrons. The Morgan fingerprint density at radius 1 is 1.09 bits per heavy atom. The van der Waals surface area contributed by atoms with E-state index in [2.05, 4.69) is 15.6 Å². The number of benzene rings is 2. The zero-order chi connectivity index (χ0) is 24.6. The van der Waals surface area contributed by atoms with Gasteiger partial charge in [0, 0.05) is 6.07 Å². The molecular weight excluding hydrogens is 480 g/mol. The summed E-state index contributed by atoms with van der Waals surface area (Å²) in [5.74, 6) is 0. The monoisotopic (exact) mass is 491 g/mol. The average molecular weight is 492 g/mol. The molecule has 7 nitrogen and oxygen atoms in total. The molecule has 0 fully saturated rings. The van der Waals surface area contributed by atoms with Gasteiger partial charge in [-0.2, -0.15) is 36.5 Å². The lowest BCUT2D eigenvalue weighted by molar-refractivity contribution is -0.384. The van der Waals surface area contributed by atoms with E-state index in [9.17, 15) is 36.5 Å². The van der Waals surface area contributed by atoms with Crippen molar-refractivity contribution in [1.29, 1.82) is 0 Å². The number of nitro benzene ring substituents is 1. The number of rotatable bonds is 5. The second-order valence-corrected chi connectivity index (χ2v) is 6.96. The number of nitrogens with zero attached hydrogens (tertiary/aromatic N) is 4. The van der Waals surface area contributed by atoms with Crippen molar-refractivity contribution in [2.24, 2.45) is 5.10 Å². The summed E-state index contributed by atoms with van der Waals surface area (Å²) in [5, 5.41) is 18.9. The molecule has 1 aromatic heterocycles. The first-order valence-corrected chi connectivity index (χ1v) is 9.24. The Morgan fingerprint density at radius 3 is 2.33 bits per heavy atom. The molecule has 0 amide bonds. The van der Waals surface area contributed by atoms with E-state index in [4.69, 9.17) is 11.6 Å². The highest BCUT2D eigenvalue weighted by Crippen LogP contribution is 2.35. The Kier molecular flexibility index (Phi) is 6.36. The van der Waals surface area contributed by atoms with Crippen LogP contribution in [0.3, 0.4) is 0 Å². The lowest BCUT2D eigenvalue weighted by Gasteiger charge is -2.09. The molecular formula is C19H12ClF6N5O2. The molecule has 0 aliphatic heterocycles. The van der Waals surface area contributed by atoms with Crippen LogP contribution in [-0.4, -0.2) is 20.9 Å². The van der Waals surface area contributed by atoms with Crippen molar-refractivity contribution in [2.75, 3.05) is 5.43 Å². The molecule has 0 spiro atoms. The molecule has 0 bridgehead atoms. The largest absolute Gasteiger partial charge is 0.416 e. The van der Waals surface area contributed by atoms with Crippen molar-refractivity contribution in [3.05, 3.63) is 80.1 Å². The Labute approximate surface area is 186 Å². The third kappa shape index (κ3) is 5.25. The first-order chi connectivity index (χ1) is 15.3. The number of anilines is 1. The van der Waals surface area contributed by atoms with Crippen molar-refractivity contribution in [2.45, 2.75) is 19.3 Å². The van der Waals surface area contributed by atoms with Crippen molar-refractivity contribution >= 4 is 29.2 Å². The fraction of sp³-hybridized carbons (Fsp3) is 0.158. The van der Waals surface area contributed by atoms with Gasteiger partial charge in [-0.05, 0) is 37.3 Å². The third-order valence-corrected chi connectivity index (χ3v) is 4.73. The van der Waals surface area contributed by atoms with Gasteiger partial charge in [-0.3, -0.25) is 15.5 Å². The van der Waals surface area contributed by atoms with Crippen LogP contribution in [0.25, 0.3) is 5.69 Å². The van der Waals surface area contributed by atoms with Crippen molar-refractivity contribution in [1.82, 2.24) is 9.78 Å². The smallest absolute Gasteiger partial charge is 0.272 e. The van der Waals surface area contributed by atoms with E-state index in [1.54, 1.807) is 0 Å². The summed E-state index contributed by atoms with van der Waals surface area (Å²) in [5.41, 5.74) is -0.537. The lowest BCUT2D eigenvalue weighted by atomic mass is 10.1. The molecule has 1 heterocycles. The van der Waals surface area contributed by atoms with E-state index in [0.29, 0.717) is 12.1 Å². The minimum atomic E-state index is -4.77. The molecule has 0 unspecified atom stereocenters. The quantitative estimate of drug-likeness (QED) is 0.198. The maximum Gasteiger partial charge on any atom is 0.416 e. The topological polar surface area (TPSA) is 85.3 Å². The van der Waals surface area contributed by atoms with Gasteiger partial charge >= 0.3 is 12.4 Å². The van der Waals surface area contributed by atoms with Gasteiger partial charge < -0.3 is 0 Å². The van der Waals surface area contributed by atoms with Crippen LogP contribution in [0.2, 0.25) is 5.15 Å². The van der Waals surface area contributed by atoms with Crippen LogP contribution in [0.15, 0.2) is 47.6 Å². The summed E-state index contributed by atoms with van der Waals surface area (Å²) < 4.78 is 78.4. The van der Waals surface area contributed by atoms with Crippen LogP contribution in [0, 0.1) is 17.0 Å². The van der Waals surface area contributed by atoms with Gasteiger partial charge in [-0.15, -0.1) is 0 Å². The summed E-state index contributed by atoms with van der Waals surface area (Å²) in [6, 6.07) is 6.14. The van der Waals surface area contributed by atoms with E-state index in [1.165, 1.54) is 19.1 Å². The number of alkyl halides is 6. The van der Waals surface area contributed by atoms with Crippen LogP contribution in [0.5, 0.6) is 0 Å². The van der Waals surface area contributed by atoms with Crippen LogP contribution < -0.4 is 5.43 Å². The van der Waals surface area contributed by atoms with Gasteiger partial charge in [0.1, 0.15) is 10.8 Å². The second kappa shape index (κ2) is 8.73. The Bertz CT molecular complexity index is 1240. The molecule has 0 atom stereocenters. The van der Waals surface area contributed by atoms with Crippen LogP contribution >= 0.6 is 11.6 Å². The van der Waals surface area contributed by atoms with Gasteiger partial charge in [0.2, 0.25) is 0 Å². The summed E-state index contributed by atoms with van der Waals surface area (Å²) in [7, 11) is 0. The van der Waals surface area contributed by atoms with Gasteiger partial charge in [0.25, 0.3) is 5.69 Å². The predicted molar refractivity (Wildman–Crippen MR) is 108 cm³/mol. The normalized spacial score (nSPS) is 12.4. The van der Waals surface area contributed by atoms with E-state index in [-0.39, 0.29) is 27.8 Å². The zero-order valence-electron chi connectivity index (χ0n) is 16.4. The first kappa shape index (κ1) is 24.0. The minimum absolute atomic E-state index is 0.0314. The van der Waals surface area contributed by atoms with Crippen molar-refractivity contribution < 1.29 is 31.3 Å². The standard InChI is InChI=1S/C19H12ClF6N5O2/c1-10-14(17(20)30(29-10)13-4-2-3-11(7-13)18(21,22)23)9-27-28-15-6-5-12(19(24,25)26)8-16(15)31(32)33/h2-9,28H,1H3. The molecule has 0 aliphatic rings. The molecule has 0 saturated carbocycles. The van der Waals surface area contributed by atoms with Crippen LogP contribution in [-0.2, 0) is 12.4 Å². The van der Waals surface area contributed by atoms with E-state index in [1.807, 2.05) is 0 Å². The molecule has 14 heteroatoms. The molecule has 1 N–H and O–H groups in total. The highest BCUT2D eigenvalue weighted by atomic mass is 35.5. The zero-order valence-corrected chi connectivity index (χ0v) is 17.1. The molecule has 33 heavy (non-hydrogen) atoms. The highest BCUT2D eigenvalue weighted by molar-refractivity contribution is 6.32. The maximum absolute atomic E-state index is 13.0. The molecule has 2 aromatic carbocycles. The molecule has 3 rings (SSSR count). The Balaban J connectivity index is 1.90. The number of hydrogen-bond acceptors (Lipinski definition) is 5. The fourth-order valence-corrected chi connectivity index (χ4v) is 3.08. The van der Waals surface area contributed by atoms with Gasteiger partial charge in [-0.1, -0.05) is 17.7 Å². The SMILES string of the molecule is Cc1nn(-c2cccc(C(F)(F)F)c2)c(Cl)c1C=NNc1ccc(C(F)(F)F)cc1[N+](=O)[O-]. The number of nitro groups is 1. The Morgan fingerprint density at radius 2 is 1.73 bits per heavy atom. The maximum atomic E-state index is 13.0. The Hall–Kier alpha value is -3.61. The molecule has 0 saturated heterocycles. The molecule has 0 aliphatic carbocycles. The van der Waals surface area contributed by atoms with E-state index in [0.717, 1.165) is 29.1 Å². The van der Waals surface area contributed by atoms with Gasteiger partial charge in [0.05, 0.1) is 39.2 Å². The summed E-state index contributed by atoms with van der Waals surface area (Å²) in [4.78, 5) is 10.1. The molecule has 174 valence electrons. The van der Waals surface area contributed by atoms with Crippen LogP contribution in [0.1, 0.15) is 22.4 Å². The van der Waals surface area contributed by atoms with Crippen molar-refractivity contribution in [3.63, 3.8) is 0 Å². The summed E-state index contributed by atoms with van der Waals surface area (Å²) >= 11 is 6.23. The van der Waals surface area contributed by atoms with Gasteiger partial charge in [-0.25, -0.2) is 4.68 Å². The third-order valence-electron chi connectivity index (χ3n) is 4.37. The predicted octanol–water partition coefficient (Wildman–Crippen LogP) is 6.23. The highest BCUT2D eigenvalue weighted by Gasteiger charge is 2.33. The average Bonchev–Trinajstić information content (AvgIpc) is 3.00. The van der Waals surface area contributed by atoms with Gasteiger partial charge in [0.15, 0.2) is 0 Å². The minimum Gasteiger partial charge on any atom is -0.272 e. The number of aromatic nitrogens is 2. The van der Waals surface area contributed by atoms with Crippen molar-refractivity contribution in [3.8, 4) is 5.69 Å². The number of halogens is 7. The number of nitrogens with one attached hydrogen (secondary N) is 1. The molecule has 3 aromatic rings. The number of hydrogen-bond donors (Lipinski definition) is 1. The first-order valence-electron chi connectivity index (χ1n) is 8.86. The van der Waals surface area contributed by atoms with Crippen LogP contribution in [0.4, 0.5) is 37.7 Å². The summed E-state index contributed by atoms with van der Waals surface area (Å²) in [6.45, 7) is 1.50. The number of hydrazone groups is 1. The van der Waals surface area contributed by atoms with E-state index >= 15 is 0 Å².